The molecule has 12 heteroatoms. The van der Waals surface area contributed by atoms with Crippen LogP contribution in [0.4, 0.5) is 5.69 Å². The molecule has 0 aliphatic heterocycles. The van der Waals surface area contributed by atoms with Crippen molar-refractivity contribution in [3.63, 3.8) is 0 Å². The fourth-order valence-corrected chi connectivity index (χ4v) is 5.36. The van der Waals surface area contributed by atoms with Crippen LogP contribution in [0.2, 0.25) is 20.1 Å². The molecule has 2 rings (SSSR count). The molecule has 1 N–H and O–H groups in total. The fraction of sp³-hybridized carbons (Fsp3) is 0.417. The van der Waals surface area contributed by atoms with Crippen molar-refractivity contribution >= 4 is 73.9 Å². The molecule has 0 unspecified atom stereocenters. The van der Waals surface area contributed by atoms with Gasteiger partial charge in [0.1, 0.15) is 12.6 Å². The highest BCUT2D eigenvalue weighted by molar-refractivity contribution is 7.92. The number of halogens is 4. The van der Waals surface area contributed by atoms with E-state index in [9.17, 15) is 18.0 Å². The molecule has 198 valence electrons. The number of rotatable bonds is 12. The minimum Gasteiger partial charge on any atom is -0.354 e. The Balaban J connectivity index is 2.51. The van der Waals surface area contributed by atoms with E-state index in [4.69, 9.17) is 46.4 Å². The first kappa shape index (κ1) is 30.5. The first-order valence-corrected chi connectivity index (χ1v) is 14.7. The molecule has 2 aromatic carbocycles. The lowest BCUT2D eigenvalue weighted by Gasteiger charge is -2.33. The van der Waals surface area contributed by atoms with E-state index in [-0.39, 0.29) is 34.6 Å². The highest BCUT2D eigenvalue weighted by atomic mass is 35.5. The predicted molar refractivity (Wildman–Crippen MR) is 148 cm³/mol. The topological polar surface area (TPSA) is 86.8 Å². The maximum absolute atomic E-state index is 13.7. The quantitative estimate of drug-likeness (QED) is 0.314. The lowest BCUT2D eigenvalue weighted by atomic mass is 10.1. The highest BCUT2D eigenvalue weighted by Crippen LogP contribution is 2.31. The molecule has 0 bridgehead atoms. The Morgan fingerprint density at radius 3 is 2.19 bits per heavy atom. The van der Waals surface area contributed by atoms with E-state index in [2.05, 4.69) is 5.32 Å². The van der Waals surface area contributed by atoms with Crippen molar-refractivity contribution in [2.24, 2.45) is 0 Å². The Hall–Kier alpha value is -1.71. The predicted octanol–water partition coefficient (Wildman–Crippen LogP) is 5.79. The monoisotopic (exact) mass is 595 g/mol. The zero-order chi connectivity index (χ0) is 27.0. The van der Waals surface area contributed by atoms with Gasteiger partial charge in [0.25, 0.3) is 0 Å². The van der Waals surface area contributed by atoms with Gasteiger partial charge in [-0.05, 0) is 43.2 Å². The third-order valence-electron chi connectivity index (χ3n) is 5.46. The average Bonchev–Trinajstić information content (AvgIpc) is 2.80. The third-order valence-corrected chi connectivity index (χ3v) is 7.85. The number of unbranched alkanes of at least 4 members (excludes halogenated alkanes) is 1. The first-order valence-electron chi connectivity index (χ1n) is 11.3. The third kappa shape index (κ3) is 8.15. The van der Waals surface area contributed by atoms with Crippen LogP contribution in [0.1, 0.15) is 38.7 Å². The van der Waals surface area contributed by atoms with Crippen molar-refractivity contribution < 1.29 is 18.0 Å². The van der Waals surface area contributed by atoms with Gasteiger partial charge in [-0.2, -0.15) is 0 Å². The minimum atomic E-state index is -3.96. The molecule has 0 heterocycles. The van der Waals surface area contributed by atoms with Gasteiger partial charge < -0.3 is 10.2 Å². The molecule has 36 heavy (non-hydrogen) atoms. The maximum atomic E-state index is 13.7. The molecule has 0 spiro atoms. The van der Waals surface area contributed by atoms with Gasteiger partial charge in [-0.15, -0.1) is 0 Å². The Bertz CT molecular complexity index is 1170. The Morgan fingerprint density at radius 2 is 1.64 bits per heavy atom. The molecule has 0 aromatic heterocycles. The molecule has 0 saturated heterocycles. The second-order valence-electron chi connectivity index (χ2n) is 8.16. The summed E-state index contributed by atoms with van der Waals surface area (Å²) in [6, 6.07) is 8.35. The SMILES string of the molecule is CCCCNC(=O)[C@@H](CC)N(Cc1c(Cl)cccc1Cl)C(=O)CN(c1cc(Cl)ccc1Cl)S(C)(=O)=O. The van der Waals surface area contributed by atoms with Crippen molar-refractivity contribution in [1.82, 2.24) is 10.2 Å². The number of hydrogen-bond acceptors (Lipinski definition) is 4. The highest BCUT2D eigenvalue weighted by Gasteiger charge is 2.33. The van der Waals surface area contributed by atoms with E-state index in [1.807, 2.05) is 6.92 Å². The Kier molecular flexibility index (Phi) is 11.6. The zero-order valence-electron chi connectivity index (χ0n) is 20.2. The zero-order valence-corrected chi connectivity index (χ0v) is 24.1. The van der Waals surface area contributed by atoms with E-state index >= 15 is 0 Å². The van der Waals surface area contributed by atoms with Crippen molar-refractivity contribution in [2.45, 2.75) is 45.7 Å². The van der Waals surface area contributed by atoms with Crippen LogP contribution in [0.25, 0.3) is 0 Å². The van der Waals surface area contributed by atoms with Crippen LogP contribution < -0.4 is 9.62 Å². The van der Waals surface area contributed by atoms with E-state index < -0.39 is 28.5 Å². The van der Waals surface area contributed by atoms with Crippen molar-refractivity contribution in [3.05, 3.63) is 62.1 Å². The van der Waals surface area contributed by atoms with Gasteiger partial charge in [-0.1, -0.05) is 72.7 Å². The second-order valence-corrected chi connectivity index (χ2v) is 11.7. The van der Waals surface area contributed by atoms with Crippen molar-refractivity contribution in [2.75, 3.05) is 23.7 Å². The number of carbonyl (C=O) groups excluding carboxylic acids is 2. The lowest BCUT2D eigenvalue weighted by Crippen LogP contribution is -2.52. The lowest BCUT2D eigenvalue weighted by molar-refractivity contribution is -0.140. The Labute approximate surface area is 232 Å². The van der Waals surface area contributed by atoms with Crippen LogP contribution >= 0.6 is 46.4 Å². The van der Waals surface area contributed by atoms with Gasteiger partial charge in [0.15, 0.2) is 0 Å². The molecular weight excluding hydrogens is 568 g/mol. The van der Waals surface area contributed by atoms with Gasteiger partial charge >= 0.3 is 0 Å². The molecule has 1 atom stereocenters. The molecule has 0 aliphatic carbocycles. The smallest absolute Gasteiger partial charge is 0.244 e. The number of benzene rings is 2. The van der Waals surface area contributed by atoms with E-state index in [0.29, 0.717) is 22.2 Å². The van der Waals surface area contributed by atoms with E-state index in [1.54, 1.807) is 25.1 Å². The number of hydrogen-bond donors (Lipinski definition) is 1. The second kappa shape index (κ2) is 13.7. The molecule has 0 fully saturated rings. The maximum Gasteiger partial charge on any atom is 0.244 e. The standard InChI is InChI=1S/C24H29Cl4N3O4S/c1-4-6-12-29-24(33)21(5-2)30(14-17-18(26)8-7-9-19(17)27)23(32)15-31(36(3,34)35)22-13-16(25)10-11-20(22)28/h7-11,13,21H,4-6,12,14-15H2,1-3H3,(H,29,33)/t21-/m1/s1. The normalized spacial score (nSPS) is 12.2. The number of sulfonamides is 1. The molecule has 7 nitrogen and oxygen atoms in total. The van der Waals surface area contributed by atoms with Gasteiger partial charge in [0.2, 0.25) is 21.8 Å². The summed E-state index contributed by atoms with van der Waals surface area (Å²) in [6.45, 7) is 3.51. The first-order chi connectivity index (χ1) is 16.9. The summed E-state index contributed by atoms with van der Waals surface area (Å²) in [5, 5.41) is 3.83. The number of nitrogens with one attached hydrogen (secondary N) is 1. The number of carbonyl (C=O) groups is 2. The average molecular weight is 597 g/mol. The van der Waals surface area contributed by atoms with Crippen molar-refractivity contribution in [3.8, 4) is 0 Å². The van der Waals surface area contributed by atoms with Crippen LogP contribution in [-0.4, -0.2) is 50.5 Å². The van der Waals surface area contributed by atoms with E-state index in [1.165, 1.54) is 23.1 Å². The summed E-state index contributed by atoms with van der Waals surface area (Å²) < 4.78 is 26.3. The molecule has 0 aliphatic rings. The number of nitrogens with zero attached hydrogens (tertiary/aromatic N) is 2. The molecule has 2 amide bonds. The van der Waals surface area contributed by atoms with Crippen LogP contribution in [-0.2, 0) is 26.2 Å². The van der Waals surface area contributed by atoms with Crippen molar-refractivity contribution in [1.29, 1.82) is 0 Å². The molecular formula is C24H29Cl4N3O4S. The van der Waals surface area contributed by atoms with Crippen LogP contribution in [0.5, 0.6) is 0 Å². The van der Waals surface area contributed by atoms with Gasteiger partial charge in [-0.25, -0.2) is 8.42 Å². The van der Waals surface area contributed by atoms with Gasteiger partial charge in [0, 0.05) is 33.7 Å². The number of amides is 2. The van der Waals surface area contributed by atoms with Crippen LogP contribution in [0, 0.1) is 0 Å². The summed E-state index contributed by atoms with van der Waals surface area (Å²) in [7, 11) is -3.96. The van der Waals surface area contributed by atoms with Crippen LogP contribution in [0.15, 0.2) is 36.4 Å². The summed E-state index contributed by atoms with van der Waals surface area (Å²) in [6.07, 6.45) is 2.91. The van der Waals surface area contributed by atoms with E-state index in [0.717, 1.165) is 23.4 Å². The summed E-state index contributed by atoms with van der Waals surface area (Å²) in [5.74, 6) is -0.987. The summed E-state index contributed by atoms with van der Waals surface area (Å²) in [5.41, 5.74) is 0.497. The largest absolute Gasteiger partial charge is 0.354 e. The van der Waals surface area contributed by atoms with Gasteiger partial charge in [0.05, 0.1) is 17.0 Å². The van der Waals surface area contributed by atoms with Gasteiger partial charge in [-0.3, -0.25) is 13.9 Å². The number of anilines is 1. The Morgan fingerprint density at radius 1 is 1.00 bits per heavy atom. The summed E-state index contributed by atoms with van der Waals surface area (Å²) >= 11 is 25.0. The van der Waals surface area contributed by atoms with Crippen LogP contribution in [0.3, 0.4) is 0 Å². The molecule has 2 aromatic rings. The molecule has 0 radical (unpaired) electrons. The minimum absolute atomic E-state index is 0.0520. The summed E-state index contributed by atoms with van der Waals surface area (Å²) in [4.78, 5) is 28.1. The fourth-order valence-electron chi connectivity index (χ4n) is 3.55. The molecule has 0 saturated carbocycles.